The Hall–Kier alpha value is -1.10. The van der Waals surface area contributed by atoms with Crippen molar-refractivity contribution >= 4 is 11.9 Å². The van der Waals surface area contributed by atoms with Crippen molar-refractivity contribution < 1.29 is 14.3 Å². The van der Waals surface area contributed by atoms with Crippen LogP contribution in [0.15, 0.2) is 0 Å². The zero-order valence-corrected chi connectivity index (χ0v) is 8.76. The second-order valence-corrected chi connectivity index (χ2v) is 2.69. The van der Waals surface area contributed by atoms with Crippen LogP contribution in [0.25, 0.3) is 0 Å². The van der Waals surface area contributed by atoms with Gasteiger partial charge in [0, 0.05) is 13.0 Å². The summed E-state index contributed by atoms with van der Waals surface area (Å²) in [6.45, 7) is 5.46. The molecule has 0 saturated carbocycles. The first-order valence-electron chi connectivity index (χ1n) is 4.83. The van der Waals surface area contributed by atoms with Crippen LogP contribution in [0.4, 0.5) is 0 Å². The van der Waals surface area contributed by atoms with Gasteiger partial charge in [-0.25, -0.2) is 0 Å². The highest BCUT2D eigenvalue weighted by atomic mass is 16.5. The van der Waals surface area contributed by atoms with Gasteiger partial charge in [0.25, 0.3) is 0 Å². The van der Waals surface area contributed by atoms with Gasteiger partial charge in [-0.05, 0) is 13.5 Å². The van der Waals surface area contributed by atoms with Crippen molar-refractivity contribution in [1.29, 1.82) is 0 Å². The first kappa shape index (κ1) is 12.9. The predicted molar refractivity (Wildman–Crippen MR) is 52.8 cm³/mol. The quantitative estimate of drug-likeness (QED) is 0.438. The van der Waals surface area contributed by atoms with Crippen LogP contribution in [0.3, 0.4) is 0 Å². The van der Waals surface area contributed by atoms with Crippen molar-refractivity contribution in [3.8, 4) is 0 Å². The lowest BCUT2D eigenvalue weighted by molar-refractivity contribution is -0.143. The second-order valence-electron chi connectivity index (χ2n) is 2.69. The molecule has 1 amide bonds. The van der Waals surface area contributed by atoms with E-state index in [1.54, 1.807) is 6.92 Å². The molecule has 0 aliphatic carbocycles. The molecular formula is C9H18N2O3. The molecule has 2 N–H and O–H groups in total. The van der Waals surface area contributed by atoms with Crippen molar-refractivity contribution in [3.63, 3.8) is 0 Å². The van der Waals surface area contributed by atoms with Crippen LogP contribution in [-0.4, -0.2) is 38.1 Å². The summed E-state index contributed by atoms with van der Waals surface area (Å²) in [6, 6.07) is 0. The maximum atomic E-state index is 11.1. The zero-order chi connectivity index (χ0) is 10.8. The van der Waals surface area contributed by atoms with Crippen LogP contribution >= 0.6 is 0 Å². The van der Waals surface area contributed by atoms with Gasteiger partial charge in [-0.3, -0.25) is 9.59 Å². The van der Waals surface area contributed by atoms with Crippen molar-refractivity contribution in [1.82, 2.24) is 10.6 Å². The second kappa shape index (κ2) is 8.50. The van der Waals surface area contributed by atoms with Crippen LogP contribution < -0.4 is 10.6 Å². The van der Waals surface area contributed by atoms with Crippen LogP contribution in [-0.2, 0) is 14.3 Å². The van der Waals surface area contributed by atoms with E-state index >= 15 is 0 Å². The van der Waals surface area contributed by atoms with Crippen molar-refractivity contribution in [2.24, 2.45) is 0 Å². The highest BCUT2D eigenvalue weighted by Crippen LogP contribution is 1.79. The fraction of sp³-hybridized carbons (Fsp3) is 0.778. The molecule has 0 saturated heterocycles. The Morgan fingerprint density at radius 1 is 1.29 bits per heavy atom. The molecule has 0 rings (SSSR count). The van der Waals surface area contributed by atoms with E-state index in [1.807, 2.05) is 6.92 Å². The normalized spacial score (nSPS) is 9.57. The molecule has 5 heteroatoms. The largest absolute Gasteiger partial charge is 0.465 e. The highest BCUT2D eigenvalue weighted by Gasteiger charge is 2.04. The number of rotatable bonds is 7. The van der Waals surface area contributed by atoms with E-state index in [0.717, 1.165) is 6.54 Å². The number of esters is 1. The third-order valence-corrected chi connectivity index (χ3v) is 1.51. The third-order valence-electron chi connectivity index (χ3n) is 1.51. The third kappa shape index (κ3) is 7.54. The van der Waals surface area contributed by atoms with Crippen LogP contribution in [0.2, 0.25) is 0 Å². The number of hydrogen-bond donors (Lipinski definition) is 2. The molecule has 0 aliphatic rings. The Morgan fingerprint density at radius 3 is 2.57 bits per heavy atom. The fourth-order valence-electron chi connectivity index (χ4n) is 0.850. The van der Waals surface area contributed by atoms with Gasteiger partial charge >= 0.3 is 5.97 Å². The number of amides is 1. The summed E-state index contributed by atoms with van der Waals surface area (Å²) in [5.74, 6) is -0.539. The molecule has 0 aromatic carbocycles. The minimum absolute atomic E-state index is 0.0429. The average Bonchev–Trinajstić information content (AvgIpc) is 2.16. The van der Waals surface area contributed by atoms with E-state index in [1.165, 1.54) is 0 Å². The van der Waals surface area contributed by atoms with Gasteiger partial charge < -0.3 is 15.4 Å². The van der Waals surface area contributed by atoms with Gasteiger partial charge in [0.05, 0.1) is 6.61 Å². The molecule has 0 aliphatic heterocycles. The van der Waals surface area contributed by atoms with Crippen molar-refractivity contribution in [2.75, 3.05) is 26.2 Å². The molecule has 0 unspecified atom stereocenters. The maximum absolute atomic E-state index is 11.1. The Bertz CT molecular complexity index is 183. The molecule has 82 valence electrons. The lowest BCUT2D eigenvalue weighted by Gasteiger charge is -2.04. The van der Waals surface area contributed by atoms with Crippen molar-refractivity contribution in [2.45, 2.75) is 20.3 Å². The lowest BCUT2D eigenvalue weighted by Crippen LogP contribution is -2.32. The maximum Gasteiger partial charge on any atom is 0.325 e. The molecule has 5 nitrogen and oxygen atoms in total. The molecule has 0 spiro atoms. The van der Waals surface area contributed by atoms with E-state index in [2.05, 4.69) is 15.4 Å². The SMILES string of the molecule is CCNCCC(=O)NCC(=O)OCC. The molecule has 14 heavy (non-hydrogen) atoms. The molecule has 0 heterocycles. The Morgan fingerprint density at radius 2 is 2.00 bits per heavy atom. The van der Waals surface area contributed by atoms with E-state index in [-0.39, 0.29) is 12.5 Å². The highest BCUT2D eigenvalue weighted by molar-refractivity contribution is 5.81. The van der Waals surface area contributed by atoms with E-state index in [0.29, 0.717) is 19.6 Å². The Kier molecular flexibility index (Phi) is 7.83. The zero-order valence-electron chi connectivity index (χ0n) is 8.76. The van der Waals surface area contributed by atoms with Crippen LogP contribution in [0, 0.1) is 0 Å². The van der Waals surface area contributed by atoms with Gasteiger partial charge in [0.15, 0.2) is 0 Å². The van der Waals surface area contributed by atoms with Crippen molar-refractivity contribution in [3.05, 3.63) is 0 Å². The molecular weight excluding hydrogens is 184 g/mol. The molecule has 0 aromatic heterocycles. The molecule has 0 aromatic rings. The van der Waals surface area contributed by atoms with E-state index < -0.39 is 5.97 Å². The van der Waals surface area contributed by atoms with Crippen LogP contribution in [0.5, 0.6) is 0 Å². The van der Waals surface area contributed by atoms with Gasteiger partial charge in [-0.15, -0.1) is 0 Å². The Balaban J connectivity index is 3.39. The van der Waals surface area contributed by atoms with Gasteiger partial charge in [0.1, 0.15) is 6.54 Å². The number of carbonyl (C=O) groups excluding carboxylic acids is 2. The summed E-state index contributed by atoms with van der Waals surface area (Å²) in [7, 11) is 0. The Labute approximate surface area is 84.2 Å². The summed E-state index contributed by atoms with van der Waals surface area (Å²) in [6.07, 6.45) is 0.382. The first-order valence-corrected chi connectivity index (χ1v) is 4.83. The minimum Gasteiger partial charge on any atom is -0.465 e. The molecule has 0 atom stereocenters. The van der Waals surface area contributed by atoms with E-state index in [4.69, 9.17) is 0 Å². The van der Waals surface area contributed by atoms with Crippen LogP contribution in [0.1, 0.15) is 20.3 Å². The topological polar surface area (TPSA) is 67.4 Å². The number of hydrogen-bond acceptors (Lipinski definition) is 4. The average molecular weight is 202 g/mol. The number of ether oxygens (including phenoxy) is 1. The summed E-state index contributed by atoms with van der Waals surface area (Å²) in [5, 5.41) is 5.49. The molecule has 0 radical (unpaired) electrons. The summed E-state index contributed by atoms with van der Waals surface area (Å²) >= 11 is 0. The lowest BCUT2D eigenvalue weighted by atomic mass is 10.4. The minimum atomic E-state index is -0.399. The van der Waals surface area contributed by atoms with Gasteiger partial charge in [-0.1, -0.05) is 6.92 Å². The van der Waals surface area contributed by atoms with E-state index in [9.17, 15) is 9.59 Å². The van der Waals surface area contributed by atoms with Gasteiger partial charge in [0.2, 0.25) is 5.91 Å². The molecule has 0 bridgehead atoms. The standard InChI is InChI=1S/C9H18N2O3/c1-3-10-6-5-8(12)11-7-9(13)14-4-2/h10H,3-7H2,1-2H3,(H,11,12). The smallest absolute Gasteiger partial charge is 0.325 e. The first-order chi connectivity index (χ1) is 6.70. The summed E-state index contributed by atoms with van der Waals surface area (Å²) in [5.41, 5.74) is 0. The predicted octanol–water partition coefficient (Wildman–Crippen LogP) is -0.335. The number of nitrogens with one attached hydrogen (secondary N) is 2. The molecule has 0 fully saturated rings. The monoisotopic (exact) mass is 202 g/mol. The number of carbonyl (C=O) groups is 2. The fourth-order valence-corrected chi connectivity index (χ4v) is 0.850. The summed E-state index contributed by atoms with van der Waals surface area (Å²) < 4.78 is 4.65. The van der Waals surface area contributed by atoms with Gasteiger partial charge in [-0.2, -0.15) is 0 Å². The summed E-state index contributed by atoms with van der Waals surface area (Å²) in [4.78, 5) is 21.9.